The number of para-hydroxylation sites is 1. The van der Waals surface area contributed by atoms with Crippen molar-refractivity contribution >= 4 is 17.3 Å². The van der Waals surface area contributed by atoms with Crippen LogP contribution in [0, 0.1) is 12.7 Å². The second-order valence-electron chi connectivity index (χ2n) is 4.97. The Morgan fingerprint density at radius 1 is 1.30 bits per heavy atom. The molecule has 0 spiro atoms. The molecule has 3 nitrogen and oxygen atoms in total. The number of anilines is 2. The fraction of sp³-hybridized carbons (Fsp3) is 0.188. The molecule has 0 fully saturated rings. The average Bonchev–Trinajstić information content (AvgIpc) is 2.87. The summed E-state index contributed by atoms with van der Waals surface area (Å²) in [4.78, 5) is 12.3. The molecule has 0 saturated carbocycles. The molecule has 1 aliphatic heterocycles. The molecule has 4 heteroatoms. The number of fused-ring (bicyclic) bond motifs is 1. The fourth-order valence-electron chi connectivity index (χ4n) is 2.42. The molecule has 20 heavy (non-hydrogen) atoms. The van der Waals surface area contributed by atoms with Crippen LogP contribution in [0.1, 0.15) is 17.0 Å². The zero-order chi connectivity index (χ0) is 14.1. The minimum Gasteiger partial charge on any atom is -0.384 e. The molecular formula is C16H15FN2O. The number of amides is 1. The number of nitrogens with one attached hydrogen (secondary N) is 2. The number of rotatable bonds is 2. The van der Waals surface area contributed by atoms with Crippen molar-refractivity contribution in [3.05, 3.63) is 59.4 Å². The molecule has 1 heterocycles. The molecule has 0 radical (unpaired) electrons. The van der Waals surface area contributed by atoms with Gasteiger partial charge in [0.25, 0.3) is 0 Å². The molecule has 0 aromatic heterocycles. The SMILES string of the molecule is Cc1ccc(NC(=O)C2CNc3ccccc32)cc1F. The van der Waals surface area contributed by atoms with Gasteiger partial charge in [0.15, 0.2) is 0 Å². The van der Waals surface area contributed by atoms with Gasteiger partial charge in [0.2, 0.25) is 5.91 Å². The Kier molecular flexibility index (Phi) is 3.14. The molecule has 1 aliphatic rings. The van der Waals surface area contributed by atoms with Gasteiger partial charge in [-0.2, -0.15) is 0 Å². The number of benzene rings is 2. The van der Waals surface area contributed by atoms with E-state index in [0.29, 0.717) is 17.8 Å². The zero-order valence-corrected chi connectivity index (χ0v) is 11.1. The van der Waals surface area contributed by atoms with E-state index in [1.54, 1.807) is 19.1 Å². The standard InChI is InChI=1S/C16H15FN2O/c1-10-6-7-11(8-14(10)17)19-16(20)13-9-18-15-5-3-2-4-12(13)15/h2-8,13,18H,9H2,1H3,(H,19,20). The van der Waals surface area contributed by atoms with E-state index in [-0.39, 0.29) is 17.6 Å². The topological polar surface area (TPSA) is 41.1 Å². The van der Waals surface area contributed by atoms with Gasteiger partial charge >= 0.3 is 0 Å². The second-order valence-corrected chi connectivity index (χ2v) is 4.97. The van der Waals surface area contributed by atoms with Crippen molar-refractivity contribution in [2.45, 2.75) is 12.8 Å². The van der Waals surface area contributed by atoms with Gasteiger partial charge in [-0.25, -0.2) is 4.39 Å². The van der Waals surface area contributed by atoms with Crippen LogP contribution in [-0.4, -0.2) is 12.5 Å². The van der Waals surface area contributed by atoms with E-state index < -0.39 is 0 Å². The summed E-state index contributed by atoms with van der Waals surface area (Å²) in [5.41, 5.74) is 3.03. The van der Waals surface area contributed by atoms with Crippen LogP contribution < -0.4 is 10.6 Å². The second kappa shape index (κ2) is 4.96. The normalized spacial score (nSPS) is 16.4. The monoisotopic (exact) mass is 270 g/mol. The number of hydrogen-bond acceptors (Lipinski definition) is 2. The smallest absolute Gasteiger partial charge is 0.233 e. The third kappa shape index (κ3) is 2.25. The molecule has 0 bridgehead atoms. The lowest BCUT2D eigenvalue weighted by atomic mass is 10.0. The van der Waals surface area contributed by atoms with Gasteiger partial charge in [0.05, 0.1) is 5.92 Å². The van der Waals surface area contributed by atoms with E-state index in [1.807, 2.05) is 24.3 Å². The highest BCUT2D eigenvalue weighted by atomic mass is 19.1. The highest BCUT2D eigenvalue weighted by molar-refractivity contribution is 5.98. The van der Waals surface area contributed by atoms with E-state index in [2.05, 4.69) is 10.6 Å². The van der Waals surface area contributed by atoms with Gasteiger partial charge in [-0.3, -0.25) is 4.79 Å². The predicted octanol–water partition coefficient (Wildman–Crippen LogP) is 3.28. The Balaban J connectivity index is 1.79. The first-order chi connectivity index (χ1) is 9.65. The van der Waals surface area contributed by atoms with Gasteiger partial charge in [-0.05, 0) is 36.2 Å². The number of hydrogen-bond donors (Lipinski definition) is 2. The van der Waals surface area contributed by atoms with Crippen molar-refractivity contribution in [1.82, 2.24) is 0 Å². The lowest BCUT2D eigenvalue weighted by Crippen LogP contribution is -2.22. The van der Waals surface area contributed by atoms with Crippen LogP contribution in [0.4, 0.5) is 15.8 Å². The molecule has 2 aromatic carbocycles. The van der Waals surface area contributed by atoms with Crippen molar-refractivity contribution in [2.75, 3.05) is 17.2 Å². The summed E-state index contributed by atoms with van der Waals surface area (Å²) in [6, 6.07) is 12.5. The summed E-state index contributed by atoms with van der Waals surface area (Å²) in [6.07, 6.45) is 0. The summed E-state index contributed by atoms with van der Waals surface area (Å²) < 4.78 is 13.5. The Labute approximate surface area is 116 Å². The molecule has 1 atom stereocenters. The van der Waals surface area contributed by atoms with Crippen LogP contribution in [0.5, 0.6) is 0 Å². The fourth-order valence-corrected chi connectivity index (χ4v) is 2.42. The summed E-state index contributed by atoms with van der Waals surface area (Å²) in [6.45, 7) is 2.26. The molecule has 0 aliphatic carbocycles. The van der Waals surface area contributed by atoms with Crippen LogP contribution in [0.2, 0.25) is 0 Å². The Morgan fingerprint density at radius 3 is 2.90 bits per heavy atom. The van der Waals surface area contributed by atoms with E-state index in [0.717, 1.165) is 11.3 Å². The van der Waals surface area contributed by atoms with Crippen molar-refractivity contribution < 1.29 is 9.18 Å². The van der Waals surface area contributed by atoms with Crippen molar-refractivity contribution in [1.29, 1.82) is 0 Å². The zero-order valence-electron chi connectivity index (χ0n) is 11.1. The maximum atomic E-state index is 13.5. The molecule has 2 N–H and O–H groups in total. The molecule has 2 aromatic rings. The highest BCUT2D eigenvalue weighted by Crippen LogP contribution is 2.31. The summed E-state index contributed by atoms with van der Waals surface area (Å²) >= 11 is 0. The van der Waals surface area contributed by atoms with Crippen molar-refractivity contribution in [3.8, 4) is 0 Å². The Morgan fingerprint density at radius 2 is 2.10 bits per heavy atom. The molecule has 1 amide bonds. The summed E-state index contributed by atoms with van der Waals surface area (Å²) in [5, 5.41) is 5.98. The Hall–Kier alpha value is -2.36. The summed E-state index contributed by atoms with van der Waals surface area (Å²) in [7, 11) is 0. The first kappa shape index (κ1) is 12.7. The van der Waals surface area contributed by atoms with E-state index >= 15 is 0 Å². The third-order valence-corrected chi connectivity index (χ3v) is 3.59. The quantitative estimate of drug-likeness (QED) is 0.879. The first-order valence-corrected chi connectivity index (χ1v) is 6.55. The van der Waals surface area contributed by atoms with Gasteiger partial charge in [0, 0.05) is 17.9 Å². The van der Waals surface area contributed by atoms with Crippen LogP contribution >= 0.6 is 0 Å². The van der Waals surface area contributed by atoms with E-state index in [1.165, 1.54) is 6.07 Å². The van der Waals surface area contributed by atoms with Crippen LogP contribution in [0.25, 0.3) is 0 Å². The number of carbonyl (C=O) groups excluding carboxylic acids is 1. The maximum absolute atomic E-state index is 13.5. The van der Waals surface area contributed by atoms with Crippen LogP contribution in [-0.2, 0) is 4.79 Å². The van der Waals surface area contributed by atoms with E-state index in [9.17, 15) is 9.18 Å². The van der Waals surface area contributed by atoms with Crippen molar-refractivity contribution in [2.24, 2.45) is 0 Å². The van der Waals surface area contributed by atoms with Crippen LogP contribution in [0.3, 0.4) is 0 Å². The number of carbonyl (C=O) groups is 1. The average molecular weight is 270 g/mol. The number of aryl methyl sites for hydroxylation is 1. The van der Waals surface area contributed by atoms with Gasteiger partial charge < -0.3 is 10.6 Å². The molecule has 102 valence electrons. The van der Waals surface area contributed by atoms with Gasteiger partial charge in [-0.1, -0.05) is 24.3 Å². The molecule has 1 unspecified atom stereocenters. The van der Waals surface area contributed by atoms with Crippen LogP contribution in [0.15, 0.2) is 42.5 Å². The van der Waals surface area contributed by atoms with Gasteiger partial charge in [-0.15, -0.1) is 0 Å². The number of halogens is 1. The maximum Gasteiger partial charge on any atom is 0.233 e. The lowest BCUT2D eigenvalue weighted by Gasteiger charge is -2.11. The van der Waals surface area contributed by atoms with E-state index in [4.69, 9.17) is 0 Å². The lowest BCUT2D eigenvalue weighted by molar-refractivity contribution is -0.117. The molecular weight excluding hydrogens is 255 g/mol. The largest absolute Gasteiger partial charge is 0.384 e. The summed E-state index contributed by atoms with van der Waals surface area (Å²) in [5.74, 6) is -0.672. The minimum absolute atomic E-state index is 0.120. The first-order valence-electron chi connectivity index (χ1n) is 6.55. The highest BCUT2D eigenvalue weighted by Gasteiger charge is 2.28. The minimum atomic E-state index is -0.312. The third-order valence-electron chi connectivity index (χ3n) is 3.59. The molecule has 0 saturated heterocycles. The molecule has 3 rings (SSSR count). The predicted molar refractivity (Wildman–Crippen MR) is 77.4 cm³/mol. The van der Waals surface area contributed by atoms with Crippen molar-refractivity contribution in [3.63, 3.8) is 0 Å². The Bertz CT molecular complexity index is 669. The van der Waals surface area contributed by atoms with Gasteiger partial charge in [0.1, 0.15) is 5.82 Å².